The first-order valence-corrected chi connectivity index (χ1v) is 8.96. The molecule has 5 rings (SSSR count). The van der Waals surface area contributed by atoms with Crippen LogP contribution >= 0.6 is 0 Å². The van der Waals surface area contributed by atoms with Crippen LogP contribution in [0.2, 0.25) is 0 Å². The van der Waals surface area contributed by atoms with E-state index in [2.05, 4.69) is 15.1 Å². The van der Waals surface area contributed by atoms with Gasteiger partial charge in [0.15, 0.2) is 5.58 Å². The highest BCUT2D eigenvalue weighted by Gasteiger charge is 2.39. The Balaban J connectivity index is 1.21. The second-order valence-corrected chi connectivity index (χ2v) is 6.82. The van der Waals surface area contributed by atoms with Gasteiger partial charge in [-0.15, -0.1) is 0 Å². The van der Waals surface area contributed by atoms with Crippen molar-refractivity contribution >= 4 is 17.0 Å². The van der Waals surface area contributed by atoms with Crippen LogP contribution in [-0.2, 0) is 20.7 Å². The third-order valence-electron chi connectivity index (χ3n) is 5.02. The van der Waals surface area contributed by atoms with Crippen molar-refractivity contribution in [2.75, 3.05) is 26.3 Å². The summed E-state index contributed by atoms with van der Waals surface area (Å²) in [5.41, 5.74) is 1.45. The maximum atomic E-state index is 12.7. The maximum Gasteiger partial charge on any atom is 0.232 e. The number of fused-ring (bicyclic) bond motifs is 2. The van der Waals surface area contributed by atoms with Gasteiger partial charge in [-0.1, -0.05) is 12.1 Å². The Morgan fingerprint density at radius 1 is 1.15 bits per heavy atom. The lowest BCUT2D eigenvalue weighted by atomic mass is 10.3. The number of carbonyl (C=O) groups is 1. The number of likely N-dealkylation sites (tertiary alicyclic amines) is 1. The molecule has 0 saturated carbocycles. The number of hydrogen-bond donors (Lipinski definition) is 0. The van der Waals surface area contributed by atoms with E-state index in [9.17, 15) is 4.79 Å². The molecular formula is C18H19N5O4. The molecule has 3 aromatic rings. The number of hydrogen-bond acceptors (Lipinski definition) is 7. The molecule has 27 heavy (non-hydrogen) atoms. The fourth-order valence-corrected chi connectivity index (χ4v) is 3.58. The van der Waals surface area contributed by atoms with Gasteiger partial charge in [-0.2, -0.15) is 5.10 Å². The van der Waals surface area contributed by atoms with Crippen LogP contribution in [0, 0.1) is 0 Å². The Labute approximate surface area is 154 Å². The highest BCUT2D eigenvalue weighted by Crippen LogP contribution is 2.24. The molecule has 9 heteroatoms. The molecule has 0 spiro atoms. The number of oxazole rings is 1. The molecule has 0 aliphatic carbocycles. The second-order valence-electron chi connectivity index (χ2n) is 6.82. The van der Waals surface area contributed by atoms with Gasteiger partial charge in [-0.25, -0.2) is 14.6 Å². The van der Waals surface area contributed by atoms with Crippen LogP contribution in [0.5, 0.6) is 0 Å². The van der Waals surface area contributed by atoms with Gasteiger partial charge in [0.1, 0.15) is 42.8 Å². The van der Waals surface area contributed by atoms with Gasteiger partial charge >= 0.3 is 0 Å². The van der Waals surface area contributed by atoms with Crippen molar-refractivity contribution in [3.63, 3.8) is 0 Å². The summed E-state index contributed by atoms with van der Waals surface area (Å²) >= 11 is 0. The Morgan fingerprint density at radius 2 is 1.93 bits per heavy atom. The Hall–Kier alpha value is -2.78. The van der Waals surface area contributed by atoms with Gasteiger partial charge in [-0.05, 0) is 12.1 Å². The van der Waals surface area contributed by atoms with Crippen LogP contribution in [0.15, 0.2) is 41.3 Å². The molecule has 0 N–H and O–H groups in total. The number of para-hydroxylation sites is 2. The van der Waals surface area contributed by atoms with Crippen molar-refractivity contribution in [1.82, 2.24) is 24.6 Å². The molecule has 1 aromatic carbocycles. The first-order chi connectivity index (χ1) is 13.3. The van der Waals surface area contributed by atoms with Crippen LogP contribution in [0.25, 0.3) is 11.1 Å². The lowest BCUT2D eigenvalue weighted by Gasteiger charge is -2.18. The normalized spacial score (nSPS) is 23.5. The summed E-state index contributed by atoms with van der Waals surface area (Å²) < 4.78 is 19.4. The van der Waals surface area contributed by atoms with Gasteiger partial charge in [0.25, 0.3) is 0 Å². The molecule has 0 radical (unpaired) electrons. The smallest absolute Gasteiger partial charge is 0.232 e. The first kappa shape index (κ1) is 16.4. The average Bonchev–Trinajstić information content (AvgIpc) is 3.39. The van der Waals surface area contributed by atoms with E-state index in [1.54, 1.807) is 15.9 Å². The molecule has 2 saturated heterocycles. The number of amides is 1. The van der Waals surface area contributed by atoms with Crippen molar-refractivity contribution in [3.05, 3.63) is 42.8 Å². The molecule has 0 bridgehead atoms. The lowest BCUT2D eigenvalue weighted by Crippen LogP contribution is -2.32. The van der Waals surface area contributed by atoms with Gasteiger partial charge in [0.05, 0.1) is 13.2 Å². The van der Waals surface area contributed by atoms with Crippen LogP contribution in [0.3, 0.4) is 0 Å². The number of benzene rings is 1. The molecule has 0 unspecified atom stereocenters. The van der Waals surface area contributed by atoms with Gasteiger partial charge in [0, 0.05) is 13.1 Å². The molecule has 2 atom stereocenters. The molecule has 9 nitrogen and oxygen atoms in total. The van der Waals surface area contributed by atoms with Crippen molar-refractivity contribution in [2.24, 2.45) is 0 Å². The minimum Gasteiger partial charge on any atom is -0.440 e. The SMILES string of the molecule is O=C(Cc1nc2ccccc2o1)N1C[C@@H]2OCC(n3cncn3)CO[C@H]2C1. The summed E-state index contributed by atoms with van der Waals surface area (Å²) in [6, 6.07) is 7.49. The summed E-state index contributed by atoms with van der Waals surface area (Å²) in [6.07, 6.45) is 3.03. The zero-order chi connectivity index (χ0) is 18.2. The molecule has 140 valence electrons. The summed E-state index contributed by atoms with van der Waals surface area (Å²) in [6.45, 7) is 1.98. The van der Waals surface area contributed by atoms with Crippen molar-refractivity contribution in [1.29, 1.82) is 0 Å². The van der Waals surface area contributed by atoms with Crippen molar-refractivity contribution < 1.29 is 18.7 Å². The number of carbonyl (C=O) groups excluding carboxylic acids is 1. The van der Waals surface area contributed by atoms with E-state index in [0.29, 0.717) is 37.8 Å². The third kappa shape index (κ3) is 3.19. The summed E-state index contributed by atoms with van der Waals surface area (Å²) in [7, 11) is 0. The molecule has 2 aromatic heterocycles. The highest BCUT2D eigenvalue weighted by molar-refractivity contribution is 5.79. The van der Waals surface area contributed by atoms with Crippen molar-refractivity contribution in [3.8, 4) is 0 Å². The number of nitrogens with zero attached hydrogens (tertiary/aromatic N) is 5. The minimum atomic E-state index is -0.133. The zero-order valence-corrected chi connectivity index (χ0v) is 14.6. The van der Waals surface area contributed by atoms with Gasteiger partial charge < -0.3 is 18.8 Å². The molecule has 2 aliphatic rings. The van der Waals surface area contributed by atoms with Crippen molar-refractivity contribution in [2.45, 2.75) is 24.7 Å². The Morgan fingerprint density at radius 3 is 2.63 bits per heavy atom. The molecule has 4 heterocycles. The fourth-order valence-electron chi connectivity index (χ4n) is 3.58. The molecule has 1 amide bonds. The molecule has 2 aliphatic heterocycles. The van der Waals surface area contributed by atoms with E-state index >= 15 is 0 Å². The summed E-state index contributed by atoms with van der Waals surface area (Å²) in [5.74, 6) is 0.399. The maximum absolute atomic E-state index is 12.7. The number of aromatic nitrogens is 4. The van der Waals surface area contributed by atoms with Gasteiger partial charge in [0.2, 0.25) is 11.8 Å². The summed E-state index contributed by atoms with van der Waals surface area (Å²) in [5, 5.41) is 4.15. The largest absolute Gasteiger partial charge is 0.440 e. The van der Waals surface area contributed by atoms with E-state index in [0.717, 1.165) is 5.52 Å². The standard InChI is InChI=1S/C18H19N5O4/c24-18(5-17-21-13-3-1-2-4-14(13)27-17)22-6-15-16(7-22)26-9-12(8-25-15)23-11-19-10-20-23/h1-4,10-12,15-16H,5-9H2/t15-,16-/m0/s1. The fraction of sp³-hybridized carbons (Fsp3) is 0.444. The quantitative estimate of drug-likeness (QED) is 0.675. The monoisotopic (exact) mass is 369 g/mol. The van der Waals surface area contributed by atoms with E-state index in [1.807, 2.05) is 24.3 Å². The third-order valence-corrected chi connectivity index (χ3v) is 5.02. The van der Waals surface area contributed by atoms with Gasteiger partial charge in [-0.3, -0.25) is 4.79 Å². The van der Waals surface area contributed by atoms with Crippen LogP contribution in [0.4, 0.5) is 0 Å². The summed E-state index contributed by atoms with van der Waals surface area (Å²) in [4.78, 5) is 22.8. The predicted molar refractivity (Wildman–Crippen MR) is 92.8 cm³/mol. The van der Waals surface area contributed by atoms with E-state index in [4.69, 9.17) is 13.9 Å². The Bertz CT molecular complexity index is 891. The zero-order valence-electron chi connectivity index (χ0n) is 14.6. The second kappa shape index (κ2) is 6.75. The minimum absolute atomic E-state index is 0.00185. The van der Waals surface area contributed by atoms with Crippen LogP contribution in [-0.4, -0.2) is 69.1 Å². The molecule has 2 fully saturated rings. The van der Waals surface area contributed by atoms with E-state index in [-0.39, 0.29) is 30.6 Å². The van der Waals surface area contributed by atoms with E-state index in [1.165, 1.54) is 6.33 Å². The Kier molecular flexibility index (Phi) is 4.10. The predicted octanol–water partition coefficient (Wildman–Crippen LogP) is 0.829. The number of ether oxygens (including phenoxy) is 2. The van der Waals surface area contributed by atoms with Crippen LogP contribution in [0.1, 0.15) is 11.9 Å². The average molecular weight is 369 g/mol. The van der Waals surface area contributed by atoms with Crippen LogP contribution < -0.4 is 0 Å². The number of rotatable bonds is 3. The topological polar surface area (TPSA) is 95.5 Å². The molecular weight excluding hydrogens is 350 g/mol. The lowest BCUT2D eigenvalue weighted by molar-refractivity contribution is -0.130. The highest BCUT2D eigenvalue weighted by atomic mass is 16.6. The van der Waals surface area contributed by atoms with E-state index < -0.39 is 0 Å². The first-order valence-electron chi connectivity index (χ1n) is 8.96.